The lowest BCUT2D eigenvalue weighted by atomic mass is 10.2. The van der Waals surface area contributed by atoms with Gasteiger partial charge in [0.05, 0.1) is 5.71 Å². The van der Waals surface area contributed by atoms with Crippen LogP contribution in [0.3, 0.4) is 0 Å². The van der Waals surface area contributed by atoms with Gasteiger partial charge in [-0.05, 0) is 12.8 Å². The van der Waals surface area contributed by atoms with Crippen LogP contribution in [0.4, 0.5) is 0 Å². The third kappa shape index (κ3) is 6.31. The van der Waals surface area contributed by atoms with Crippen molar-refractivity contribution in [2.45, 2.75) is 46.0 Å². The number of amides is 1. The zero-order valence-electron chi connectivity index (χ0n) is 8.65. The summed E-state index contributed by atoms with van der Waals surface area (Å²) in [5.41, 5.74) is 0.207. The Bertz CT molecular complexity index is 166. The Morgan fingerprint density at radius 3 is 2.46 bits per heavy atom. The first-order chi connectivity index (χ1) is 6.22. The van der Waals surface area contributed by atoms with Crippen LogP contribution in [0, 0.1) is 5.41 Å². The van der Waals surface area contributed by atoms with Gasteiger partial charge in [0.15, 0.2) is 0 Å². The molecule has 0 atom stereocenters. The van der Waals surface area contributed by atoms with Gasteiger partial charge >= 0.3 is 0 Å². The average Bonchev–Trinajstić information content (AvgIpc) is 2.12. The smallest absolute Gasteiger partial charge is 0.264 e. The lowest BCUT2D eigenvalue weighted by molar-refractivity contribution is -0.115. The molecule has 0 fully saturated rings. The van der Waals surface area contributed by atoms with E-state index < -0.39 is 0 Å². The molecular weight excluding hydrogens is 164 g/mol. The molecule has 0 unspecified atom stereocenters. The summed E-state index contributed by atoms with van der Waals surface area (Å²) < 4.78 is 0. The Labute approximate surface area is 80.4 Å². The van der Waals surface area contributed by atoms with Gasteiger partial charge in [-0.25, -0.2) is 0 Å². The van der Waals surface area contributed by atoms with Crippen molar-refractivity contribution >= 4 is 11.6 Å². The van der Waals surface area contributed by atoms with Gasteiger partial charge in [-0.2, -0.15) is 0 Å². The summed E-state index contributed by atoms with van der Waals surface area (Å²) in [6.45, 7) is 4.80. The van der Waals surface area contributed by atoms with E-state index in [1.165, 1.54) is 0 Å². The normalized spacial score (nSPS) is 9.69. The maximum atomic E-state index is 11.2. The Hall–Kier alpha value is -0.860. The second kappa shape index (κ2) is 7.77. The fraction of sp³-hybridized carbons (Fsp3) is 0.800. The minimum absolute atomic E-state index is 0.196. The molecule has 0 spiro atoms. The number of nitrogens with one attached hydrogen (secondary N) is 2. The first-order valence-electron chi connectivity index (χ1n) is 5.08. The van der Waals surface area contributed by atoms with E-state index in [-0.39, 0.29) is 11.6 Å². The number of hydrogen-bond acceptors (Lipinski definition) is 2. The summed E-state index contributed by atoms with van der Waals surface area (Å²) in [5.74, 6) is -0.196. The van der Waals surface area contributed by atoms with Gasteiger partial charge in [0.1, 0.15) is 0 Å². The minimum atomic E-state index is -0.196. The summed E-state index contributed by atoms with van der Waals surface area (Å²) in [4.78, 5) is 11.2. The van der Waals surface area contributed by atoms with E-state index >= 15 is 0 Å². The molecule has 3 heteroatoms. The zero-order valence-corrected chi connectivity index (χ0v) is 8.65. The molecule has 0 aromatic heterocycles. The highest BCUT2D eigenvalue weighted by atomic mass is 16.1. The number of hydrogen-bond donors (Lipinski definition) is 2. The highest BCUT2D eigenvalue weighted by molar-refractivity contribution is 6.37. The van der Waals surface area contributed by atoms with Crippen molar-refractivity contribution in [2.24, 2.45) is 0 Å². The van der Waals surface area contributed by atoms with Crippen LogP contribution in [0.1, 0.15) is 46.0 Å². The highest BCUT2D eigenvalue weighted by Gasteiger charge is 2.05. The second-order valence-electron chi connectivity index (χ2n) is 3.19. The van der Waals surface area contributed by atoms with Crippen molar-refractivity contribution in [3.05, 3.63) is 0 Å². The fourth-order valence-electron chi connectivity index (χ4n) is 1.05. The Morgan fingerprint density at radius 1 is 1.23 bits per heavy atom. The molecule has 0 aliphatic heterocycles. The third-order valence-electron chi connectivity index (χ3n) is 1.84. The molecule has 0 aliphatic carbocycles. The van der Waals surface area contributed by atoms with E-state index in [0.29, 0.717) is 13.0 Å². The lowest BCUT2D eigenvalue weighted by Crippen LogP contribution is -2.31. The standard InChI is InChI=1S/C10H20N2O/c1-3-5-6-8-12-10(13)9(11)7-4-2/h11H,3-8H2,1-2H3,(H,12,13). The van der Waals surface area contributed by atoms with Gasteiger partial charge in [-0.15, -0.1) is 0 Å². The summed E-state index contributed by atoms with van der Waals surface area (Å²) in [6, 6.07) is 0. The van der Waals surface area contributed by atoms with Crippen LogP contribution < -0.4 is 5.32 Å². The van der Waals surface area contributed by atoms with Crippen LogP contribution >= 0.6 is 0 Å². The fourth-order valence-corrected chi connectivity index (χ4v) is 1.05. The van der Waals surface area contributed by atoms with E-state index in [1.807, 2.05) is 6.92 Å². The molecule has 3 nitrogen and oxygen atoms in total. The van der Waals surface area contributed by atoms with Crippen molar-refractivity contribution < 1.29 is 4.79 Å². The highest BCUT2D eigenvalue weighted by Crippen LogP contribution is 1.93. The SMILES string of the molecule is CCCCCNC(=O)C(=N)CCC. The molecular formula is C10H20N2O. The topological polar surface area (TPSA) is 53.0 Å². The summed E-state index contributed by atoms with van der Waals surface area (Å²) >= 11 is 0. The van der Waals surface area contributed by atoms with E-state index in [4.69, 9.17) is 5.41 Å². The van der Waals surface area contributed by atoms with Crippen molar-refractivity contribution in [3.63, 3.8) is 0 Å². The van der Waals surface area contributed by atoms with Crippen LogP contribution in [0.5, 0.6) is 0 Å². The molecule has 0 saturated carbocycles. The summed E-state index contributed by atoms with van der Waals surface area (Å²) in [6.07, 6.45) is 4.76. The number of carbonyl (C=O) groups excluding carboxylic acids is 1. The maximum Gasteiger partial charge on any atom is 0.264 e. The van der Waals surface area contributed by atoms with Gasteiger partial charge < -0.3 is 5.32 Å². The van der Waals surface area contributed by atoms with E-state index in [1.54, 1.807) is 0 Å². The van der Waals surface area contributed by atoms with Crippen molar-refractivity contribution in [3.8, 4) is 0 Å². The van der Waals surface area contributed by atoms with Crippen LogP contribution in [0.25, 0.3) is 0 Å². The van der Waals surface area contributed by atoms with E-state index in [9.17, 15) is 4.79 Å². The Kier molecular flexibility index (Phi) is 7.26. The zero-order chi connectivity index (χ0) is 10.1. The predicted octanol–water partition coefficient (Wildman–Crippen LogP) is 2.11. The molecule has 0 heterocycles. The maximum absolute atomic E-state index is 11.2. The first kappa shape index (κ1) is 12.1. The van der Waals surface area contributed by atoms with Crippen molar-refractivity contribution in [1.82, 2.24) is 5.32 Å². The number of carbonyl (C=O) groups is 1. The summed E-state index contributed by atoms with van der Waals surface area (Å²) in [7, 11) is 0. The van der Waals surface area contributed by atoms with Gasteiger partial charge in [-0.1, -0.05) is 33.1 Å². The molecule has 1 amide bonds. The molecule has 76 valence electrons. The minimum Gasteiger partial charge on any atom is -0.351 e. The molecule has 0 rings (SSSR count). The molecule has 13 heavy (non-hydrogen) atoms. The lowest BCUT2D eigenvalue weighted by Gasteiger charge is -2.04. The summed E-state index contributed by atoms with van der Waals surface area (Å²) in [5, 5.41) is 10.1. The average molecular weight is 184 g/mol. The van der Waals surface area contributed by atoms with Crippen LogP contribution in [-0.4, -0.2) is 18.2 Å². The van der Waals surface area contributed by atoms with Gasteiger partial charge in [0.2, 0.25) is 0 Å². The molecule has 0 aromatic carbocycles. The molecule has 0 radical (unpaired) electrons. The molecule has 0 aliphatic rings. The number of rotatable bonds is 7. The monoisotopic (exact) mass is 184 g/mol. The molecule has 0 aromatic rings. The second-order valence-corrected chi connectivity index (χ2v) is 3.19. The van der Waals surface area contributed by atoms with E-state index in [2.05, 4.69) is 12.2 Å². The van der Waals surface area contributed by atoms with Crippen LogP contribution in [0.15, 0.2) is 0 Å². The van der Waals surface area contributed by atoms with Gasteiger partial charge in [-0.3, -0.25) is 10.2 Å². The van der Waals surface area contributed by atoms with Gasteiger partial charge in [0.25, 0.3) is 5.91 Å². The Balaban J connectivity index is 3.44. The van der Waals surface area contributed by atoms with Crippen molar-refractivity contribution in [1.29, 1.82) is 5.41 Å². The van der Waals surface area contributed by atoms with Crippen molar-refractivity contribution in [2.75, 3.05) is 6.54 Å². The van der Waals surface area contributed by atoms with E-state index in [0.717, 1.165) is 25.7 Å². The van der Waals surface area contributed by atoms with Crippen LogP contribution in [-0.2, 0) is 4.79 Å². The molecule has 0 bridgehead atoms. The van der Waals surface area contributed by atoms with Gasteiger partial charge in [0, 0.05) is 6.54 Å². The van der Waals surface area contributed by atoms with Crippen LogP contribution in [0.2, 0.25) is 0 Å². The molecule has 2 N–H and O–H groups in total. The quantitative estimate of drug-likeness (QED) is 0.462. The molecule has 0 saturated heterocycles. The Morgan fingerprint density at radius 2 is 1.92 bits per heavy atom. The number of unbranched alkanes of at least 4 members (excludes halogenated alkanes) is 2. The largest absolute Gasteiger partial charge is 0.351 e. The predicted molar refractivity (Wildman–Crippen MR) is 55.2 cm³/mol. The third-order valence-corrected chi connectivity index (χ3v) is 1.84. The first-order valence-corrected chi connectivity index (χ1v) is 5.08.